The molecular formula is C15H21Br2NO. The third-order valence-corrected chi connectivity index (χ3v) is 4.72. The first-order valence-electron chi connectivity index (χ1n) is 6.98. The predicted molar refractivity (Wildman–Crippen MR) is 87.3 cm³/mol. The number of alkyl halides is 1. The van der Waals surface area contributed by atoms with E-state index in [0.29, 0.717) is 0 Å². The van der Waals surface area contributed by atoms with Gasteiger partial charge in [0.15, 0.2) is 0 Å². The highest BCUT2D eigenvalue weighted by Crippen LogP contribution is 2.25. The molecule has 0 radical (unpaired) electrons. The van der Waals surface area contributed by atoms with Crippen LogP contribution in [0.25, 0.3) is 0 Å². The zero-order chi connectivity index (χ0) is 13.5. The van der Waals surface area contributed by atoms with Gasteiger partial charge in [-0.1, -0.05) is 38.3 Å². The maximum Gasteiger partial charge on any atom is 0.119 e. The van der Waals surface area contributed by atoms with E-state index in [-0.39, 0.29) is 0 Å². The molecule has 0 amide bonds. The second-order valence-electron chi connectivity index (χ2n) is 4.97. The average molecular weight is 391 g/mol. The predicted octanol–water partition coefficient (Wildman–Crippen LogP) is 4.47. The molecule has 0 saturated heterocycles. The van der Waals surface area contributed by atoms with Crippen LogP contribution in [-0.4, -0.2) is 36.0 Å². The van der Waals surface area contributed by atoms with E-state index >= 15 is 0 Å². The maximum atomic E-state index is 5.82. The van der Waals surface area contributed by atoms with Crippen molar-refractivity contribution >= 4 is 31.9 Å². The molecule has 0 unspecified atom stereocenters. The van der Waals surface area contributed by atoms with Crippen LogP contribution in [0.3, 0.4) is 0 Å². The second-order valence-corrected chi connectivity index (χ2v) is 6.67. The van der Waals surface area contributed by atoms with Crippen molar-refractivity contribution in [3.63, 3.8) is 0 Å². The Hall–Kier alpha value is -0.0600. The minimum Gasteiger partial charge on any atom is -0.492 e. The van der Waals surface area contributed by atoms with Gasteiger partial charge < -0.3 is 4.74 Å². The normalized spacial score (nSPS) is 15.5. The Morgan fingerprint density at radius 2 is 1.89 bits per heavy atom. The van der Waals surface area contributed by atoms with E-state index in [1.807, 2.05) is 24.3 Å². The Balaban J connectivity index is 1.73. The summed E-state index contributed by atoms with van der Waals surface area (Å²) in [4.78, 5) is 2.59. The standard InChI is InChI=1S/C15H21Br2NO/c16-9-2-10-18(14-3-1-4-14)11-12-19-15-7-5-13(17)6-8-15/h5-8,14H,1-4,9-12H2. The van der Waals surface area contributed by atoms with E-state index in [1.165, 1.54) is 32.2 Å². The van der Waals surface area contributed by atoms with Crippen molar-refractivity contribution in [2.24, 2.45) is 0 Å². The van der Waals surface area contributed by atoms with Crippen LogP contribution in [0.2, 0.25) is 0 Å². The van der Waals surface area contributed by atoms with Gasteiger partial charge in [-0.05, 0) is 50.1 Å². The summed E-state index contributed by atoms with van der Waals surface area (Å²) in [5, 5.41) is 1.09. The highest BCUT2D eigenvalue weighted by atomic mass is 79.9. The molecule has 1 aliphatic rings. The summed E-state index contributed by atoms with van der Waals surface area (Å²) in [5.41, 5.74) is 0. The molecule has 0 aliphatic heterocycles. The molecule has 0 spiro atoms. The summed E-state index contributed by atoms with van der Waals surface area (Å²) < 4.78 is 6.91. The summed E-state index contributed by atoms with van der Waals surface area (Å²) in [5.74, 6) is 0.956. The number of ether oxygens (including phenoxy) is 1. The van der Waals surface area contributed by atoms with Crippen molar-refractivity contribution in [1.29, 1.82) is 0 Å². The molecule has 0 N–H and O–H groups in total. The van der Waals surface area contributed by atoms with Crippen LogP contribution in [0.15, 0.2) is 28.7 Å². The fourth-order valence-electron chi connectivity index (χ4n) is 2.30. The summed E-state index contributed by atoms with van der Waals surface area (Å²) in [6, 6.07) is 8.85. The van der Waals surface area contributed by atoms with Crippen molar-refractivity contribution < 1.29 is 4.74 Å². The molecule has 1 fully saturated rings. The SMILES string of the molecule is BrCCCN(CCOc1ccc(Br)cc1)C1CCC1. The molecule has 2 nitrogen and oxygen atoms in total. The highest BCUT2D eigenvalue weighted by molar-refractivity contribution is 9.10. The molecule has 2 rings (SSSR count). The fourth-order valence-corrected chi connectivity index (χ4v) is 2.82. The fraction of sp³-hybridized carbons (Fsp3) is 0.600. The molecule has 0 bridgehead atoms. The van der Waals surface area contributed by atoms with E-state index in [4.69, 9.17) is 4.74 Å². The number of hydrogen-bond donors (Lipinski definition) is 0. The minimum atomic E-state index is 0.778. The number of hydrogen-bond acceptors (Lipinski definition) is 2. The Labute approximate surface area is 132 Å². The Bertz CT molecular complexity index is 365. The first-order chi connectivity index (χ1) is 9.29. The smallest absolute Gasteiger partial charge is 0.119 e. The van der Waals surface area contributed by atoms with Crippen LogP contribution in [-0.2, 0) is 0 Å². The van der Waals surface area contributed by atoms with Crippen LogP contribution in [0, 0.1) is 0 Å². The van der Waals surface area contributed by atoms with Gasteiger partial charge in [-0.2, -0.15) is 0 Å². The molecule has 1 saturated carbocycles. The van der Waals surface area contributed by atoms with E-state index in [0.717, 1.165) is 34.7 Å². The van der Waals surface area contributed by atoms with Crippen LogP contribution < -0.4 is 4.74 Å². The Morgan fingerprint density at radius 1 is 1.16 bits per heavy atom. The molecule has 0 atom stereocenters. The van der Waals surface area contributed by atoms with E-state index in [1.54, 1.807) is 0 Å². The van der Waals surface area contributed by atoms with Crippen LogP contribution >= 0.6 is 31.9 Å². The molecule has 1 aromatic carbocycles. The van der Waals surface area contributed by atoms with Gasteiger partial charge >= 0.3 is 0 Å². The molecule has 4 heteroatoms. The molecular weight excluding hydrogens is 370 g/mol. The molecule has 19 heavy (non-hydrogen) atoms. The van der Waals surface area contributed by atoms with Crippen molar-refractivity contribution in [3.8, 4) is 5.75 Å². The maximum absolute atomic E-state index is 5.82. The van der Waals surface area contributed by atoms with Gasteiger partial charge in [0.1, 0.15) is 12.4 Å². The lowest BCUT2D eigenvalue weighted by Gasteiger charge is -2.37. The van der Waals surface area contributed by atoms with E-state index in [9.17, 15) is 0 Å². The van der Waals surface area contributed by atoms with Crippen molar-refractivity contribution in [1.82, 2.24) is 4.90 Å². The lowest BCUT2D eigenvalue weighted by Crippen LogP contribution is -2.43. The highest BCUT2D eigenvalue weighted by Gasteiger charge is 2.24. The Morgan fingerprint density at radius 3 is 2.47 bits per heavy atom. The quantitative estimate of drug-likeness (QED) is 0.607. The van der Waals surface area contributed by atoms with Gasteiger partial charge in [0.05, 0.1) is 0 Å². The van der Waals surface area contributed by atoms with E-state index in [2.05, 4.69) is 36.8 Å². The van der Waals surface area contributed by atoms with Gasteiger partial charge in [-0.15, -0.1) is 0 Å². The number of rotatable bonds is 8. The monoisotopic (exact) mass is 389 g/mol. The third kappa shape index (κ3) is 5.09. The largest absolute Gasteiger partial charge is 0.492 e. The first-order valence-corrected chi connectivity index (χ1v) is 8.89. The second kappa shape index (κ2) is 8.28. The minimum absolute atomic E-state index is 0.778. The Kier molecular flexibility index (Phi) is 6.68. The lowest BCUT2D eigenvalue weighted by molar-refractivity contribution is 0.107. The average Bonchev–Trinajstić information content (AvgIpc) is 2.36. The summed E-state index contributed by atoms with van der Waals surface area (Å²) in [7, 11) is 0. The van der Waals surface area contributed by atoms with Gasteiger partial charge in [0.2, 0.25) is 0 Å². The van der Waals surface area contributed by atoms with Crippen LogP contribution in [0.4, 0.5) is 0 Å². The summed E-state index contributed by atoms with van der Waals surface area (Å²) >= 11 is 6.95. The van der Waals surface area contributed by atoms with Crippen LogP contribution in [0.1, 0.15) is 25.7 Å². The zero-order valence-corrected chi connectivity index (χ0v) is 14.3. The molecule has 1 aromatic rings. The topological polar surface area (TPSA) is 12.5 Å². The summed E-state index contributed by atoms with van der Waals surface area (Å²) in [6.07, 6.45) is 5.33. The van der Waals surface area contributed by atoms with Crippen molar-refractivity contribution in [3.05, 3.63) is 28.7 Å². The third-order valence-electron chi connectivity index (χ3n) is 3.63. The van der Waals surface area contributed by atoms with Gasteiger partial charge in [0, 0.05) is 22.4 Å². The van der Waals surface area contributed by atoms with Crippen LogP contribution in [0.5, 0.6) is 5.75 Å². The van der Waals surface area contributed by atoms with E-state index < -0.39 is 0 Å². The van der Waals surface area contributed by atoms with Gasteiger partial charge in [-0.25, -0.2) is 0 Å². The molecule has 0 heterocycles. The van der Waals surface area contributed by atoms with Gasteiger partial charge in [-0.3, -0.25) is 4.90 Å². The lowest BCUT2D eigenvalue weighted by atomic mass is 9.91. The molecule has 0 aromatic heterocycles. The summed E-state index contributed by atoms with van der Waals surface area (Å²) in [6.45, 7) is 2.99. The number of nitrogens with zero attached hydrogens (tertiary/aromatic N) is 1. The van der Waals surface area contributed by atoms with Gasteiger partial charge in [0.25, 0.3) is 0 Å². The van der Waals surface area contributed by atoms with Crippen molar-refractivity contribution in [2.45, 2.75) is 31.7 Å². The first kappa shape index (κ1) is 15.3. The zero-order valence-electron chi connectivity index (χ0n) is 11.2. The number of benzene rings is 1. The molecule has 1 aliphatic carbocycles. The number of halogens is 2. The van der Waals surface area contributed by atoms with Crippen molar-refractivity contribution in [2.75, 3.05) is 25.0 Å². The molecule has 106 valence electrons.